The summed E-state index contributed by atoms with van der Waals surface area (Å²) in [6.07, 6.45) is 0. The first-order chi connectivity index (χ1) is 14.8. The van der Waals surface area contributed by atoms with E-state index in [-0.39, 0.29) is 5.91 Å². The van der Waals surface area contributed by atoms with Gasteiger partial charge in [-0.1, -0.05) is 15.9 Å². The highest BCUT2D eigenvalue weighted by Gasteiger charge is 2.30. The Balaban J connectivity index is 1.51. The third-order valence-electron chi connectivity index (χ3n) is 4.68. The number of carbonyl (C=O) groups is 1. The maximum absolute atomic E-state index is 12.8. The van der Waals surface area contributed by atoms with E-state index in [1.807, 2.05) is 54.6 Å². The third-order valence-corrected chi connectivity index (χ3v) is 5.20. The molecule has 4 rings (SSSR count). The van der Waals surface area contributed by atoms with E-state index >= 15 is 0 Å². The zero-order chi connectivity index (χ0) is 22.0. The first-order valence-corrected chi connectivity index (χ1v) is 10.4. The fourth-order valence-electron chi connectivity index (χ4n) is 2.95. The highest BCUT2D eigenvalue weighted by molar-refractivity contribution is 9.10. The van der Waals surface area contributed by atoms with Crippen molar-refractivity contribution in [3.63, 3.8) is 0 Å². The van der Waals surface area contributed by atoms with Crippen LogP contribution < -0.4 is 14.8 Å². The molecule has 4 aromatic rings. The lowest BCUT2D eigenvalue weighted by molar-refractivity contribution is -0.128. The standard InChI is InChI=1S/C23H21BrN4O3/c1-23(2,31-19-9-4-15(24)5-10-19)22(29)25-16-6-13-20-21(14-16)27-28(26-20)17-7-11-18(30-3)12-8-17/h4-14H,1-3H3,(H,25,29). The van der Waals surface area contributed by atoms with Gasteiger partial charge in [-0.15, -0.1) is 10.2 Å². The second-order valence-electron chi connectivity index (χ2n) is 7.41. The van der Waals surface area contributed by atoms with Gasteiger partial charge in [0.1, 0.15) is 22.5 Å². The van der Waals surface area contributed by atoms with Crippen molar-refractivity contribution in [3.05, 3.63) is 71.2 Å². The minimum absolute atomic E-state index is 0.266. The van der Waals surface area contributed by atoms with E-state index in [2.05, 4.69) is 31.4 Å². The van der Waals surface area contributed by atoms with Gasteiger partial charge in [-0.2, -0.15) is 4.80 Å². The number of amides is 1. The molecule has 1 heterocycles. The van der Waals surface area contributed by atoms with Gasteiger partial charge in [0.05, 0.1) is 12.8 Å². The van der Waals surface area contributed by atoms with E-state index in [1.165, 1.54) is 0 Å². The Hall–Kier alpha value is -3.39. The Morgan fingerprint density at radius 2 is 1.58 bits per heavy atom. The predicted molar refractivity (Wildman–Crippen MR) is 123 cm³/mol. The minimum Gasteiger partial charge on any atom is -0.497 e. The number of carbonyl (C=O) groups excluding carboxylic acids is 1. The molecule has 0 bridgehead atoms. The van der Waals surface area contributed by atoms with E-state index in [9.17, 15) is 4.79 Å². The van der Waals surface area contributed by atoms with E-state index in [0.29, 0.717) is 17.0 Å². The van der Waals surface area contributed by atoms with Crippen molar-refractivity contribution in [3.8, 4) is 17.2 Å². The minimum atomic E-state index is -1.07. The Morgan fingerprint density at radius 3 is 2.26 bits per heavy atom. The number of halogens is 1. The molecule has 0 saturated carbocycles. The molecule has 0 aliphatic carbocycles. The molecular weight excluding hydrogens is 460 g/mol. The SMILES string of the molecule is COc1ccc(-n2nc3ccc(NC(=O)C(C)(C)Oc4ccc(Br)cc4)cc3n2)cc1. The summed E-state index contributed by atoms with van der Waals surface area (Å²) in [5, 5.41) is 11.9. The number of anilines is 1. The van der Waals surface area contributed by atoms with Crippen LogP contribution in [0.4, 0.5) is 5.69 Å². The molecule has 0 atom stereocenters. The molecule has 0 unspecified atom stereocenters. The van der Waals surface area contributed by atoms with Gasteiger partial charge < -0.3 is 14.8 Å². The molecule has 0 fully saturated rings. The van der Waals surface area contributed by atoms with Crippen LogP contribution >= 0.6 is 15.9 Å². The summed E-state index contributed by atoms with van der Waals surface area (Å²) in [6, 6.07) is 20.2. The molecule has 1 N–H and O–H groups in total. The summed E-state index contributed by atoms with van der Waals surface area (Å²) < 4.78 is 12.0. The van der Waals surface area contributed by atoms with Gasteiger partial charge in [0.25, 0.3) is 5.91 Å². The molecule has 0 saturated heterocycles. The molecule has 1 aromatic heterocycles. The summed E-state index contributed by atoms with van der Waals surface area (Å²) in [5.74, 6) is 1.11. The van der Waals surface area contributed by atoms with Crippen molar-refractivity contribution in [1.82, 2.24) is 15.0 Å². The molecule has 0 spiro atoms. The molecule has 8 heteroatoms. The Labute approximate surface area is 188 Å². The summed E-state index contributed by atoms with van der Waals surface area (Å²) in [7, 11) is 1.62. The smallest absolute Gasteiger partial charge is 0.267 e. The van der Waals surface area contributed by atoms with Crippen LogP contribution in [0.15, 0.2) is 71.2 Å². The highest BCUT2D eigenvalue weighted by atomic mass is 79.9. The summed E-state index contributed by atoms with van der Waals surface area (Å²) in [6.45, 7) is 3.45. The van der Waals surface area contributed by atoms with Crippen LogP contribution in [0, 0.1) is 0 Å². The van der Waals surface area contributed by atoms with Crippen LogP contribution in [0.2, 0.25) is 0 Å². The fourth-order valence-corrected chi connectivity index (χ4v) is 3.21. The Kier molecular flexibility index (Phi) is 5.65. The van der Waals surface area contributed by atoms with Crippen LogP contribution in [0.5, 0.6) is 11.5 Å². The number of fused-ring (bicyclic) bond motifs is 1. The number of aromatic nitrogens is 3. The lowest BCUT2D eigenvalue weighted by Gasteiger charge is -2.25. The molecular formula is C23H21BrN4O3. The van der Waals surface area contributed by atoms with Crippen molar-refractivity contribution in [2.75, 3.05) is 12.4 Å². The third kappa shape index (κ3) is 4.69. The van der Waals surface area contributed by atoms with Crippen molar-refractivity contribution in [2.24, 2.45) is 0 Å². The Bertz CT molecular complexity index is 1220. The number of hydrogen-bond donors (Lipinski definition) is 1. The van der Waals surface area contributed by atoms with Gasteiger partial charge in [-0.25, -0.2) is 0 Å². The first-order valence-electron chi connectivity index (χ1n) is 9.62. The largest absolute Gasteiger partial charge is 0.497 e. The predicted octanol–water partition coefficient (Wildman–Crippen LogP) is 4.99. The number of nitrogens with one attached hydrogen (secondary N) is 1. The number of ether oxygens (including phenoxy) is 2. The molecule has 0 radical (unpaired) electrons. The van der Waals surface area contributed by atoms with Gasteiger partial charge in [-0.05, 0) is 80.6 Å². The van der Waals surface area contributed by atoms with Crippen LogP contribution in [-0.4, -0.2) is 33.6 Å². The second kappa shape index (κ2) is 8.39. The van der Waals surface area contributed by atoms with Crippen molar-refractivity contribution in [1.29, 1.82) is 0 Å². The van der Waals surface area contributed by atoms with Gasteiger partial charge in [0.2, 0.25) is 0 Å². The zero-order valence-electron chi connectivity index (χ0n) is 17.3. The summed E-state index contributed by atoms with van der Waals surface area (Å²) >= 11 is 3.39. The fraction of sp³-hybridized carbons (Fsp3) is 0.174. The number of rotatable bonds is 6. The summed E-state index contributed by atoms with van der Waals surface area (Å²) in [5.41, 5.74) is 1.75. The molecule has 158 valence electrons. The quantitative estimate of drug-likeness (QED) is 0.420. The first kappa shape index (κ1) is 20.9. The lowest BCUT2D eigenvalue weighted by Crippen LogP contribution is -2.42. The van der Waals surface area contributed by atoms with E-state index in [1.54, 1.807) is 37.9 Å². The monoisotopic (exact) mass is 480 g/mol. The Morgan fingerprint density at radius 1 is 0.935 bits per heavy atom. The molecule has 0 aliphatic heterocycles. The number of hydrogen-bond acceptors (Lipinski definition) is 5. The topological polar surface area (TPSA) is 78.3 Å². The van der Waals surface area contributed by atoms with Crippen LogP contribution in [-0.2, 0) is 4.79 Å². The molecule has 7 nitrogen and oxygen atoms in total. The van der Waals surface area contributed by atoms with Crippen molar-refractivity contribution >= 4 is 38.6 Å². The maximum atomic E-state index is 12.8. The molecule has 3 aromatic carbocycles. The average molecular weight is 481 g/mol. The highest BCUT2D eigenvalue weighted by Crippen LogP contribution is 2.24. The van der Waals surface area contributed by atoms with Crippen molar-refractivity contribution < 1.29 is 14.3 Å². The average Bonchev–Trinajstić information content (AvgIpc) is 3.18. The van der Waals surface area contributed by atoms with E-state index in [4.69, 9.17) is 9.47 Å². The van der Waals surface area contributed by atoms with Gasteiger partial charge in [0, 0.05) is 10.2 Å². The number of nitrogens with zero attached hydrogens (tertiary/aromatic N) is 3. The maximum Gasteiger partial charge on any atom is 0.267 e. The van der Waals surface area contributed by atoms with Gasteiger partial charge >= 0.3 is 0 Å². The van der Waals surface area contributed by atoms with Gasteiger partial charge in [-0.3, -0.25) is 4.79 Å². The van der Waals surface area contributed by atoms with Crippen molar-refractivity contribution in [2.45, 2.75) is 19.4 Å². The molecule has 31 heavy (non-hydrogen) atoms. The van der Waals surface area contributed by atoms with Crippen LogP contribution in [0.25, 0.3) is 16.7 Å². The van der Waals surface area contributed by atoms with E-state index < -0.39 is 5.60 Å². The van der Waals surface area contributed by atoms with E-state index in [0.717, 1.165) is 21.4 Å². The normalized spacial score (nSPS) is 11.4. The number of benzene rings is 3. The summed E-state index contributed by atoms with van der Waals surface area (Å²) in [4.78, 5) is 14.4. The second-order valence-corrected chi connectivity index (χ2v) is 8.33. The van der Waals surface area contributed by atoms with Crippen LogP contribution in [0.1, 0.15) is 13.8 Å². The van der Waals surface area contributed by atoms with Crippen LogP contribution in [0.3, 0.4) is 0 Å². The molecule has 1 amide bonds. The zero-order valence-corrected chi connectivity index (χ0v) is 18.9. The lowest BCUT2D eigenvalue weighted by atomic mass is 10.1. The van der Waals surface area contributed by atoms with Gasteiger partial charge in [0.15, 0.2) is 5.60 Å². The molecule has 0 aliphatic rings. The number of methoxy groups -OCH3 is 1.